The van der Waals surface area contributed by atoms with Crippen LogP contribution in [0.15, 0.2) is 35.5 Å². The fraction of sp³-hybridized carbons (Fsp3) is 0.333. The highest BCUT2D eigenvalue weighted by Crippen LogP contribution is 2.31. The number of halogens is 2. The minimum Gasteiger partial charge on any atom is -0.466 e. The standard InChI is InChI=1S/C15H16F2N2O3S/c1-8-11(13(20)21-3)12(18-15(23)19(8)2)9-4-6-10(7-5-9)22-14(16)17/h4-7,12,14H,1-3H3,(H,18,23). The van der Waals surface area contributed by atoms with Gasteiger partial charge in [-0.3, -0.25) is 0 Å². The molecule has 0 saturated heterocycles. The van der Waals surface area contributed by atoms with Gasteiger partial charge in [0, 0.05) is 12.7 Å². The molecule has 0 bridgehead atoms. The Morgan fingerprint density at radius 3 is 2.48 bits per heavy atom. The van der Waals surface area contributed by atoms with Gasteiger partial charge in [-0.1, -0.05) is 12.1 Å². The van der Waals surface area contributed by atoms with Crippen LogP contribution in [0, 0.1) is 0 Å². The van der Waals surface area contributed by atoms with E-state index in [2.05, 4.69) is 10.1 Å². The summed E-state index contributed by atoms with van der Waals surface area (Å²) < 4.78 is 33.6. The van der Waals surface area contributed by atoms with E-state index in [1.807, 2.05) is 0 Å². The van der Waals surface area contributed by atoms with Gasteiger partial charge in [-0.25, -0.2) is 4.79 Å². The Balaban J connectivity index is 2.39. The summed E-state index contributed by atoms with van der Waals surface area (Å²) in [5.74, 6) is -0.443. The van der Waals surface area contributed by atoms with E-state index in [9.17, 15) is 13.6 Å². The molecule has 1 heterocycles. The monoisotopic (exact) mass is 342 g/mol. The molecule has 0 aromatic heterocycles. The second kappa shape index (κ2) is 6.91. The summed E-state index contributed by atoms with van der Waals surface area (Å²) >= 11 is 5.25. The van der Waals surface area contributed by atoms with Gasteiger partial charge in [0.15, 0.2) is 5.11 Å². The minimum absolute atomic E-state index is 0.0413. The highest BCUT2D eigenvalue weighted by atomic mass is 32.1. The van der Waals surface area contributed by atoms with Crippen LogP contribution in [0.4, 0.5) is 8.78 Å². The van der Waals surface area contributed by atoms with Gasteiger partial charge in [-0.15, -0.1) is 0 Å². The van der Waals surface area contributed by atoms with Crippen LogP contribution in [0.25, 0.3) is 0 Å². The lowest BCUT2D eigenvalue weighted by Crippen LogP contribution is -2.46. The van der Waals surface area contributed by atoms with Gasteiger partial charge in [0.05, 0.1) is 18.7 Å². The molecule has 1 unspecified atom stereocenters. The molecule has 0 amide bonds. The molecule has 1 aliphatic rings. The predicted molar refractivity (Wildman–Crippen MR) is 84.0 cm³/mol. The number of rotatable bonds is 4. The number of alkyl halides is 2. The molecule has 0 radical (unpaired) electrons. The zero-order valence-corrected chi connectivity index (χ0v) is 13.6. The van der Waals surface area contributed by atoms with Crippen LogP contribution in [0.3, 0.4) is 0 Å². The van der Waals surface area contributed by atoms with Crippen molar-refractivity contribution in [2.45, 2.75) is 19.6 Å². The molecule has 8 heteroatoms. The molecule has 1 N–H and O–H groups in total. The molecule has 23 heavy (non-hydrogen) atoms. The normalized spacial score (nSPS) is 18.1. The van der Waals surface area contributed by atoms with Crippen molar-refractivity contribution >= 4 is 23.3 Å². The van der Waals surface area contributed by atoms with Gasteiger partial charge in [-0.2, -0.15) is 8.78 Å². The van der Waals surface area contributed by atoms with E-state index in [1.165, 1.54) is 19.2 Å². The topological polar surface area (TPSA) is 50.8 Å². The molecule has 0 spiro atoms. The second-order valence-electron chi connectivity index (χ2n) is 4.88. The quantitative estimate of drug-likeness (QED) is 0.671. The van der Waals surface area contributed by atoms with Crippen LogP contribution in [-0.4, -0.2) is 36.8 Å². The summed E-state index contributed by atoms with van der Waals surface area (Å²) in [4.78, 5) is 13.8. The Kier molecular flexibility index (Phi) is 5.15. The fourth-order valence-corrected chi connectivity index (χ4v) is 2.56. The van der Waals surface area contributed by atoms with Crippen molar-refractivity contribution in [1.29, 1.82) is 0 Å². The number of hydrogen-bond acceptors (Lipinski definition) is 4. The van der Waals surface area contributed by atoms with E-state index in [4.69, 9.17) is 17.0 Å². The Hall–Kier alpha value is -2.22. The van der Waals surface area contributed by atoms with E-state index < -0.39 is 18.6 Å². The number of hydrogen-bond donors (Lipinski definition) is 1. The van der Waals surface area contributed by atoms with Crippen LogP contribution >= 0.6 is 12.2 Å². The first-order valence-corrected chi connectivity index (χ1v) is 7.14. The first-order valence-electron chi connectivity index (χ1n) is 6.73. The third kappa shape index (κ3) is 3.58. The summed E-state index contributed by atoms with van der Waals surface area (Å²) in [6.07, 6.45) is 0. The van der Waals surface area contributed by atoms with Crippen LogP contribution in [-0.2, 0) is 9.53 Å². The molecule has 1 aromatic carbocycles. The summed E-state index contributed by atoms with van der Waals surface area (Å²) in [7, 11) is 3.04. The van der Waals surface area contributed by atoms with Crippen molar-refractivity contribution in [1.82, 2.24) is 10.2 Å². The van der Waals surface area contributed by atoms with E-state index in [0.717, 1.165) is 0 Å². The average molecular weight is 342 g/mol. The summed E-state index contributed by atoms with van der Waals surface area (Å²) in [6.45, 7) is -1.12. The first-order chi connectivity index (χ1) is 10.8. The Morgan fingerprint density at radius 1 is 1.35 bits per heavy atom. The van der Waals surface area contributed by atoms with Crippen molar-refractivity contribution in [3.8, 4) is 5.75 Å². The second-order valence-corrected chi connectivity index (χ2v) is 5.27. The first kappa shape index (κ1) is 17.1. The lowest BCUT2D eigenvalue weighted by Gasteiger charge is -2.35. The fourth-order valence-electron chi connectivity index (χ4n) is 2.30. The largest absolute Gasteiger partial charge is 0.466 e. The summed E-state index contributed by atoms with van der Waals surface area (Å²) in [5.41, 5.74) is 1.76. The van der Waals surface area contributed by atoms with E-state index in [0.29, 0.717) is 21.9 Å². The summed E-state index contributed by atoms with van der Waals surface area (Å²) in [6, 6.07) is 5.49. The van der Waals surface area contributed by atoms with Crippen LogP contribution in [0.1, 0.15) is 18.5 Å². The van der Waals surface area contributed by atoms with Crippen molar-refractivity contribution in [2.75, 3.05) is 14.2 Å². The lowest BCUT2D eigenvalue weighted by atomic mass is 9.95. The predicted octanol–water partition coefficient (Wildman–Crippen LogP) is 2.60. The maximum atomic E-state index is 12.2. The molecule has 5 nitrogen and oxygen atoms in total. The molecule has 1 aliphatic heterocycles. The van der Waals surface area contributed by atoms with E-state index >= 15 is 0 Å². The number of carbonyl (C=O) groups excluding carboxylic acids is 1. The SMILES string of the molecule is COC(=O)C1=C(C)N(C)C(=S)NC1c1ccc(OC(F)F)cc1. The Morgan fingerprint density at radius 2 is 1.96 bits per heavy atom. The van der Waals surface area contributed by atoms with Crippen molar-refractivity contribution in [3.05, 3.63) is 41.1 Å². The number of methoxy groups -OCH3 is 1. The number of nitrogens with zero attached hydrogens (tertiary/aromatic N) is 1. The van der Waals surface area contributed by atoms with Gasteiger partial charge < -0.3 is 19.7 Å². The van der Waals surface area contributed by atoms with Gasteiger partial charge in [0.1, 0.15) is 5.75 Å². The third-order valence-corrected chi connectivity index (χ3v) is 3.99. The number of allylic oxidation sites excluding steroid dienone is 1. The molecule has 2 rings (SSSR count). The number of thiocarbonyl (C=S) groups is 1. The Labute approximate surface area is 137 Å². The average Bonchev–Trinajstić information content (AvgIpc) is 2.52. The van der Waals surface area contributed by atoms with Crippen molar-refractivity contribution < 1.29 is 23.0 Å². The molecule has 124 valence electrons. The number of ether oxygens (including phenoxy) is 2. The molecular weight excluding hydrogens is 326 g/mol. The highest BCUT2D eigenvalue weighted by molar-refractivity contribution is 7.80. The zero-order chi connectivity index (χ0) is 17.1. The number of benzene rings is 1. The molecular formula is C15H16F2N2O3S. The number of esters is 1. The van der Waals surface area contributed by atoms with E-state index in [-0.39, 0.29) is 5.75 Å². The van der Waals surface area contributed by atoms with Gasteiger partial charge in [-0.05, 0) is 36.8 Å². The minimum atomic E-state index is -2.89. The van der Waals surface area contributed by atoms with Gasteiger partial charge in [0.2, 0.25) is 0 Å². The third-order valence-electron chi connectivity index (χ3n) is 3.60. The Bertz CT molecular complexity index is 647. The number of carbonyl (C=O) groups is 1. The summed E-state index contributed by atoms with van der Waals surface area (Å²) in [5, 5.41) is 3.50. The van der Waals surface area contributed by atoms with Crippen molar-refractivity contribution in [2.24, 2.45) is 0 Å². The maximum absolute atomic E-state index is 12.2. The molecule has 0 fully saturated rings. The molecule has 0 saturated carbocycles. The van der Waals surface area contributed by atoms with Gasteiger partial charge in [0.25, 0.3) is 0 Å². The molecule has 1 atom stereocenters. The smallest absolute Gasteiger partial charge is 0.387 e. The molecule has 1 aromatic rings. The van der Waals surface area contributed by atoms with Crippen LogP contribution in [0.5, 0.6) is 5.75 Å². The maximum Gasteiger partial charge on any atom is 0.387 e. The zero-order valence-electron chi connectivity index (χ0n) is 12.8. The van der Waals surface area contributed by atoms with Crippen LogP contribution < -0.4 is 10.1 Å². The van der Waals surface area contributed by atoms with E-state index in [1.54, 1.807) is 31.0 Å². The number of nitrogens with one attached hydrogen (secondary N) is 1. The highest BCUT2D eigenvalue weighted by Gasteiger charge is 2.33. The van der Waals surface area contributed by atoms with Crippen LogP contribution in [0.2, 0.25) is 0 Å². The molecule has 0 aliphatic carbocycles. The van der Waals surface area contributed by atoms with Gasteiger partial charge >= 0.3 is 12.6 Å². The van der Waals surface area contributed by atoms with Crippen molar-refractivity contribution in [3.63, 3.8) is 0 Å². The lowest BCUT2D eigenvalue weighted by molar-refractivity contribution is -0.136.